The number of aliphatic imine (C=N–C) groups is 1. The summed E-state index contributed by atoms with van der Waals surface area (Å²) in [4.78, 5) is 39.0. The molecule has 0 aromatic heterocycles. The average molecular weight is 435 g/mol. The molecular weight excluding hydrogens is 396 g/mol. The van der Waals surface area contributed by atoms with Gasteiger partial charge in [0.25, 0.3) is 0 Å². The molecule has 8 nitrogen and oxygen atoms in total. The summed E-state index contributed by atoms with van der Waals surface area (Å²) >= 11 is 0. The van der Waals surface area contributed by atoms with Gasteiger partial charge in [0.15, 0.2) is 5.96 Å². The third-order valence-corrected chi connectivity index (χ3v) is 4.32. The Balaban J connectivity index is 0. The Bertz CT molecular complexity index is 497. The first-order valence-corrected chi connectivity index (χ1v) is 10.4. The van der Waals surface area contributed by atoms with Crippen LogP contribution in [0, 0.1) is 0 Å². The van der Waals surface area contributed by atoms with Crippen molar-refractivity contribution in [2.75, 3.05) is 6.54 Å². The molecule has 0 spiro atoms. The number of carbonyl (C=O) groups excluding carboxylic acids is 3. The van der Waals surface area contributed by atoms with Crippen LogP contribution >= 0.6 is 12.4 Å². The van der Waals surface area contributed by atoms with Crippen molar-refractivity contribution in [2.45, 2.75) is 96.9 Å². The van der Waals surface area contributed by atoms with Crippen molar-refractivity contribution < 1.29 is 19.1 Å². The van der Waals surface area contributed by atoms with E-state index < -0.39 is 18.0 Å². The molecule has 0 fully saturated rings. The number of hydrogen-bond donors (Lipinski definition) is 3. The van der Waals surface area contributed by atoms with Crippen LogP contribution in [-0.2, 0) is 19.1 Å². The summed E-state index contributed by atoms with van der Waals surface area (Å²) in [6.07, 6.45) is 11.6. The fraction of sp³-hybridized carbons (Fsp3) is 0.800. The molecule has 0 bridgehead atoms. The van der Waals surface area contributed by atoms with E-state index in [1.165, 1.54) is 38.5 Å². The van der Waals surface area contributed by atoms with E-state index in [-0.39, 0.29) is 24.3 Å². The Hall–Kier alpha value is -1.83. The molecule has 1 atom stereocenters. The van der Waals surface area contributed by atoms with Gasteiger partial charge in [-0.3, -0.25) is 14.6 Å². The zero-order valence-electron chi connectivity index (χ0n) is 17.9. The number of nitrogens with zero attached hydrogens (tertiary/aromatic N) is 1. The minimum Gasteiger partial charge on any atom is -0.392 e. The molecule has 1 amide bonds. The zero-order valence-corrected chi connectivity index (χ0v) is 18.7. The molecule has 0 heterocycles. The molecule has 0 radical (unpaired) electrons. The molecule has 170 valence electrons. The van der Waals surface area contributed by atoms with Crippen LogP contribution in [0.4, 0.5) is 0 Å². The van der Waals surface area contributed by atoms with E-state index >= 15 is 0 Å². The summed E-state index contributed by atoms with van der Waals surface area (Å²) in [7, 11) is 0. The maximum absolute atomic E-state index is 12.1. The van der Waals surface area contributed by atoms with Crippen LogP contribution in [-0.4, -0.2) is 36.4 Å². The van der Waals surface area contributed by atoms with Gasteiger partial charge in [0.05, 0.1) is 0 Å². The first kappa shape index (κ1) is 29.4. The minimum absolute atomic E-state index is 0. The van der Waals surface area contributed by atoms with Crippen molar-refractivity contribution in [3.05, 3.63) is 0 Å². The van der Waals surface area contributed by atoms with Crippen molar-refractivity contribution in [1.82, 2.24) is 5.32 Å². The monoisotopic (exact) mass is 434 g/mol. The molecule has 0 unspecified atom stereocenters. The quantitative estimate of drug-likeness (QED) is 0.112. The fourth-order valence-corrected chi connectivity index (χ4v) is 2.83. The standard InChI is InChI=1S/C20H38N4O4.ClH/c1-3-4-5-6-7-8-9-10-11-14-18(26)24-17(19(27)28-16(2)25)13-12-15-23-20(21)22;/h17H,3-15H2,1-2H3,(H,24,26)(H4,21,22,23);1H/t17-;/m0./s1. The number of nitrogens with two attached hydrogens (primary N) is 2. The highest BCUT2D eigenvalue weighted by Gasteiger charge is 2.23. The van der Waals surface area contributed by atoms with E-state index in [9.17, 15) is 14.4 Å². The van der Waals surface area contributed by atoms with Crippen LogP contribution in [0.15, 0.2) is 4.99 Å². The number of esters is 2. The van der Waals surface area contributed by atoms with Gasteiger partial charge in [-0.1, -0.05) is 58.3 Å². The average Bonchev–Trinajstić information content (AvgIpc) is 2.62. The molecule has 0 aliphatic heterocycles. The highest BCUT2D eigenvalue weighted by molar-refractivity contribution is 5.90. The molecule has 9 heteroatoms. The second-order valence-corrected chi connectivity index (χ2v) is 7.06. The third kappa shape index (κ3) is 19.3. The maximum atomic E-state index is 12.1. The van der Waals surface area contributed by atoms with Gasteiger partial charge in [-0.15, -0.1) is 12.4 Å². The predicted molar refractivity (Wildman–Crippen MR) is 118 cm³/mol. The third-order valence-electron chi connectivity index (χ3n) is 4.32. The molecule has 29 heavy (non-hydrogen) atoms. The van der Waals surface area contributed by atoms with E-state index in [2.05, 4.69) is 22.0 Å². The maximum Gasteiger partial charge on any atom is 0.336 e. The van der Waals surface area contributed by atoms with Crippen molar-refractivity contribution in [3.63, 3.8) is 0 Å². The lowest BCUT2D eigenvalue weighted by Gasteiger charge is -2.16. The van der Waals surface area contributed by atoms with Crippen LogP contribution in [0.25, 0.3) is 0 Å². The lowest BCUT2D eigenvalue weighted by Crippen LogP contribution is -2.42. The highest BCUT2D eigenvalue weighted by atomic mass is 35.5. The molecule has 0 aliphatic carbocycles. The van der Waals surface area contributed by atoms with Gasteiger partial charge in [-0.25, -0.2) is 4.79 Å². The van der Waals surface area contributed by atoms with Crippen LogP contribution in [0.1, 0.15) is 90.9 Å². The number of ether oxygens (including phenoxy) is 1. The van der Waals surface area contributed by atoms with Crippen molar-refractivity contribution in [3.8, 4) is 0 Å². The summed E-state index contributed by atoms with van der Waals surface area (Å²) in [5.41, 5.74) is 10.5. The Kier molecular flexibility index (Phi) is 19.7. The number of hydrogen-bond acceptors (Lipinski definition) is 5. The molecule has 5 N–H and O–H groups in total. The Morgan fingerprint density at radius 3 is 2.00 bits per heavy atom. The summed E-state index contributed by atoms with van der Waals surface area (Å²) in [6, 6.07) is -0.871. The number of rotatable bonds is 16. The van der Waals surface area contributed by atoms with Crippen LogP contribution < -0.4 is 16.8 Å². The Morgan fingerprint density at radius 1 is 0.931 bits per heavy atom. The molecule has 0 saturated carbocycles. The van der Waals surface area contributed by atoms with Crippen molar-refractivity contribution in [2.24, 2.45) is 16.5 Å². The van der Waals surface area contributed by atoms with Crippen LogP contribution in [0.3, 0.4) is 0 Å². The number of halogens is 1. The predicted octanol–water partition coefficient (Wildman–Crippen LogP) is 2.96. The second-order valence-electron chi connectivity index (χ2n) is 7.06. The SMILES string of the molecule is CCCCCCCCCCCC(=O)N[C@@H](CCCN=C(N)N)C(=O)OC(C)=O.Cl. The topological polar surface area (TPSA) is 137 Å². The minimum atomic E-state index is -0.871. The fourth-order valence-electron chi connectivity index (χ4n) is 2.83. The molecule has 0 rings (SSSR count). The molecule has 0 saturated heterocycles. The van der Waals surface area contributed by atoms with Gasteiger partial charge < -0.3 is 21.5 Å². The summed E-state index contributed by atoms with van der Waals surface area (Å²) < 4.78 is 4.61. The van der Waals surface area contributed by atoms with Gasteiger partial charge in [0, 0.05) is 19.9 Å². The van der Waals surface area contributed by atoms with E-state index in [1.54, 1.807) is 0 Å². The number of nitrogens with one attached hydrogen (secondary N) is 1. The van der Waals surface area contributed by atoms with Crippen LogP contribution in [0.2, 0.25) is 0 Å². The zero-order chi connectivity index (χ0) is 21.2. The highest BCUT2D eigenvalue weighted by Crippen LogP contribution is 2.11. The summed E-state index contributed by atoms with van der Waals surface area (Å²) in [5, 5.41) is 2.66. The second kappa shape index (κ2) is 19.5. The van der Waals surface area contributed by atoms with Gasteiger partial charge in [-0.05, 0) is 19.3 Å². The van der Waals surface area contributed by atoms with E-state index in [0.29, 0.717) is 25.8 Å². The van der Waals surface area contributed by atoms with Crippen molar-refractivity contribution in [1.29, 1.82) is 0 Å². The first-order valence-electron chi connectivity index (χ1n) is 10.4. The molecular formula is C20H39ClN4O4. The van der Waals surface area contributed by atoms with E-state index in [4.69, 9.17) is 11.5 Å². The smallest absolute Gasteiger partial charge is 0.336 e. The largest absolute Gasteiger partial charge is 0.392 e. The van der Waals surface area contributed by atoms with Gasteiger partial charge in [-0.2, -0.15) is 0 Å². The molecule has 0 aromatic rings. The summed E-state index contributed by atoms with van der Waals surface area (Å²) in [5.74, 6) is -1.70. The first-order chi connectivity index (χ1) is 13.4. The van der Waals surface area contributed by atoms with Crippen LogP contribution in [0.5, 0.6) is 0 Å². The number of unbranched alkanes of at least 4 members (excludes halogenated alkanes) is 8. The van der Waals surface area contributed by atoms with Gasteiger partial charge in [0.2, 0.25) is 5.91 Å². The number of carbonyl (C=O) groups is 3. The summed E-state index contributed by atoms with van der Waals surface area (Å²) in [6.45, 7) is 3.69. The lowest BCUT2D eigenvalue weighted by atomic mass is 10.1. The number of guanidine groups is 1. The van der Waals surface area contributed by atoms with E-state index in [1.807, 2.05) is 0 Å². The molecule has 0 aliphatic rings. The van der Waals surface area contributed by atoms with Crippen molar-refractivity contribution >= 4 is 36.2 Å². The van der Waals surface area contributed by atoms with E-state index in [0.717, 1.165) is 26.2 Å². The van der Waals surface area contributed by atoms with Gasteiger partial charge in [0.1, 0.15) is 6.04 Å². The number of amides is 1. The molecule has 0 aromatic carbocycles. The lowest BCUT2D eigenvalue weighted by molar-refractivity contribution is -0.160. The normalized spacial score (nSPS) is 11.1. The Morgan fingerprint density at radius 2 is 1.48 bits per heavy atom. The van der Waals surface area contributed by atoms with Gasteiger partial charge >= 0.3 is 11.9 Å². The Labute approximate surface area is 181 Å².